The van der Waals surface area contributed by atoms with Gasteiger partial charge in [0.15, 0.2) is 5.58 Å². The standard InChI is InChI=1S/C26H23N5O6/c1-3-4-22-29-30-23(37-22)17-7-8-19-18(27-17)10-20(36-19)26(11-21(32)28-25(26)34)13-31-12-14-5-6-15(35-2)9-16(14)24(31)33/h5-10H,3-4,11-13H2,1-2H3,(H,28,32,34)/t26-/m1/s1. The van der Waals surface area contributed by atoms with Crippen LogP contribution >= 0.6 is 0 Å². The maximum atomic E-state index is 13.2. The summed E-state index contributed by atoms with van der Waals surface area (Å²) in [5.41, 5.74) is 1.31. The number of hydrogen-bond donors (Lipinski definition) is 1. The summed E-state index contributed by atoms with van der Waals surface area (Å²) in [4.78, 5) is 44.9. The molecule has 188 valence electrons. The van der Waals surface area contributed by atoms with Crippen LogP contribution in [-0.2, 0) is 28.0 Å². The monoisotopic (exact) mass is 501 g/mol. The highest BCUT2D eigenvalue weighted by Crippen LogP contribution is 2.39. The van der Waals surface area contributed by atoms with Gasteiger partial charge in [0.1, 0.15) is 28.1 Å². The molecule has 1 N–H and O–H groups in total. The summed E-state index contributed by atoms with van der Waals surface area (Å²) in [7, 11) is 1.53. The number of nitrogens with zero attached hydrogens (tertiary/aromatic N) is 4. The molecule has 0 spiro atoms. The lowest BCUT2D eigenvalue weighted by Gasteiger charge is -2.28. The third-order valence-electron chi connectivity index (χ3n) is 6.80. The van der Waals surface area contributed by atoms with Gasteiger partial charge in [0.2, 0.25) is 17.7 Å². The lowest BCUT2D eigenvalue weighted by molar-refractivity contribution is -0.127. The first kappa shape index (κ1) is 22.9. The van der Waals surface area contributed by atoms with Gasteiger partial charge in [0, 0.05) is 31.1 Å². The molecule has 2 aliphatic rings. The van der Waals surface area contributed by atoms with Crippen molar-refractivity contribution >= 4 is 28.8 Å². The van der Waals surface area contributed by atoms with Crippen LogP contribution in [0.5, 0.6) is 5.75 Å². The van der Waals surface area contributed by atoms with E-state index in [4.69, 9.17) is 13.6 Å². The zero-order valence-corrected chi connectivity index (χ0v) is 20.2. The lowest BCUT2D eigenvalue weighted by Crippen LogP contribution is -2.46. The van der Waals surface area contributed by atoms with Crippen LogP contribution in [0.2, 0.25) is 0 Å². The summed E-state index contributed by atoms with van der Waals surface area (Å²) in [5.74, 6) is 0.456. The Labute approximate surface area is 210 Å². The Balaban J connectivity index is 1.35. The number of fused-ring (bicyclic) bond motifs is 2. The molecule has 1 atom stereocenters. The van der Waals surface area contributed by atoms with Gasteiger partial charge in [0.05, 0.1) is 13.5 Å². The molecular formula is C26H23N5O6. The summed E-state index contributed by atoms with van der Waals surface area (Å²) < 4.78 is 17.0. The predicted molar refractivity (Wildman–Crippen MR) is 128 cm³/mol. The fraction of sp³-hybridized carbons (Fsp3) is 0.308. The number of carbonyl (C=O) groups is 3. The van der Waals surface area contributed by atoms with E-state index in [0.717, 1.165) is 12.0 Å². The average Bonchev–Trinajstić information content (AvgIpc) is 3.65. The van der Waals surface area contributed by atoms with Crippen molar-refractivity contribution in [2.45, 2.75) is 38.1 Å². The highest BCUT2D eigenvalue weighted by Gasteiger charge is 2.53. The van der Waals surface area contributed by atoms with Crippen LogP contribution in [0.25, 0.3) is 22.7 Å². The number of nitrogens with one attached hydrogen (secondary N) is 1. The summed E-state index contributed by atoms with van der Waals surface area (Å²) in [5, 5.41) is 10.5. The molecule has 5 heterocycles. The molecule has 0 radical (unpaired) electrons. The number of rotatable bonds is 7. The SMILES string of the molecule is CCCc1nnc(-c2ccc3oc([C@]4(CN5Cc6ccc(OC)cc6C5=O)CC(=O)NC4=O)cc3n2)o1. The molecule has 3 aromatic heterocycles. The highest BCUT2D eigenvalue weighted by molar-refractivity contribution is 6.10. The number of benzene rings is 1. The van der Waals surface area contributed by atoms with Crippen molar-refractivity contribution in [3.8, 4) is 17.3 Å². The Morgan fingerprint density at radius 3 is 2.73 bits per heavy atom. The first-order chi connectivity index (χ1) is 17.9. The Hall–Kier alpha value is -4.54. The topological polar surface area (TPSA) is 141 Å². The highest BCUT2D eigenvalue weighted by atomic mass is 16.5. The number of pyridine rings is 1. The number of imide groups is 1. The third-order valence-corrected chi connectivity index (χ3v) is 6.80. The van der Waals surface area contributed by atoms with Gasteiger partial charge >= 0.3 is 0 Å². The Morgan fingerprint density at radius 1 is 1.11 bits per heavy atom. The Kier molecular flexibility index (Phi) is 5.28. The number of aryl methyl sites for hydroxylation is 1. The predicted octanol–water partition coefficient (Wildman–Crippen LogP) is 2.78. The van der Waals surface area contributed by atoms with Gasteiger partial charge in [0.25, 0.3) is 11.8 Å². The van der Waals surface area contributed by atoms with Gasteiger partial charge in [-0.25, -0.2) is 4.98 Å². The molecule has 4 aromatic rings. The van der Waals surface area contributed by atoms with E-state index in [1.54, 1.807) is 35.2 Å². The van der Waals surface area contributed by atoms with E-state index in [1.807, 2.05) is 13.0 Å². The van der Waals surface area contributed by atoms with E-state index in [-0.39, 0.29) is 30.5 Å². The second-order valence-corrected chi connectivity index (χ2v) is 9.26. The lowest BCUT2D eigenvalue weighted by atomic mass is 9.82. The van der Waals surface area contributed by atoms with Gasteiger partial charge < -0.3 is 18.5 Å². The Morgan fingerprint density at radius 2 is 1.97 bits per heavy atom. The minimum atomic E-state index is -1.39. The smallest absolute Gasteiger partial charge is 0.266 e. The number of methoxy groups -OCH3 is 1. The van der Waals surface area contributed by atoms with Crippen molar-refractivity contribution in [2.75, 3.05) is 13.7 Å². The van der Waals surface area contributed by atoms with Crippen LogP contribution in [0, 0.1) is 0 Å². The maximum Gasteiger partial charge on any atom is 0.266 e. The number of furan rings is 1. The third kappa shape index (κ3) is 3.74. The van der Waals surface area contributed by atoms with E-state index in [0.29, 0.717) is 47.0 Å². The minimum Gasteiger partial charge on any atom is -0.497 e. The molecule has 3 amide bonds. The van der Waals surface area contributed by atoms with Crippen LogP contribution in [0.4, 0.5) is 0 Å². The summed E-state index contributed by atoms with van der Waals surface area (Å²) in [6, 6.07) is 10.3. The van der Waals surface area contributed by atoms with Crippen molar-refractivity contribution in [1.82, 2.24) is 25.4 Å². The molecule has 37 heavy (non-hydrogen) atoms. The molecule has 0 unspecified atom stereocenters. The Bertz CT molecular complexity index is 1570. The molecule has 0 aliphatic carbocycles. The number of amides is 3. The summed E-state index contributed by atoms with van der Waals surface area (Å²) in [6.07, 6.45) is 1.40. The van der Waals surface area contributed by atoms with Gasteiger partial charge in [-0.2, -0.15) is 0 Å². The molecule has 1 fully saturated rings. The second kappa shape index (κ2) is 8.54. The largest absolute Gasteiger partial charge is 0.497 e. The quantitative estimate of drug-likeness (QED) is 0.378. The van der Waals surface area contributed by atoms with E-state index in [9.17, 15) is 14.4 Å². The normalized spacial score (nSPS) is 19.1. The van der Waals surface area contributed by atoms with Crippen LogP contribution in [0.1, 0.15) is 47.3 Å². The maximum absolute atomic E-state index is 13.2. The van der Waals surface area contributed by atoms with Crippen molar-refractivity contribution < 1.29 is 28.0 Å². The number of ether oxygens (including phenoxy) is 1. The number of aromatic nitrogens is 3. The molecule has 0 saturated carbocycles. The van der Waals surface area contributed by atoms with Crippen LogP contribution in [-0.4, -0.2) is 51.5 Å². The van der Waals surface area contributed by atoms with Crippen LogP contribution in [0.15, 0.2) is 45.2 Å². The second-order valence-electron chi connectivity index (χ2n) is 9.26. The van der Waals surface area contributed by atoms with Crippen molar-refractivity contribution in [1.29, 1.82) is 0 Å². The number of hydrogen-bond acceptors (Lipinski definition) is 9. The van der Waals surface area contributed by atoms with E-state index in [2.05, 4.69) is 20.5 Å². The molecule has 0 bridgehead atoms. The van der Waals surface area contributed by atoms with E-state index in [1.165, 1.54) is 7.11 Å². The van der Waals surface area contributed by atoms with Gasteiger partial charge in [-0.15, -0.1) is 10.2 Å². The summed E-state index contributed by atoms with van der Waals surface area (Å²) >= 11 is 0. The molecule has 2 aliphatic heterocycles. The zero-order valence-electron chi connectivity index (χ0n) is 20.2. The fourth-order valence-corrected chi connectivity index (χ4v) is 4.92. The van der Waals surface area contributed by atoms with Crippen molar-refractivity contribution in [3.63, 3.8) is 0 Å². The molecule has 6 rings (SSSR count). The molecule has 1 aromatic carbocycles. The van der Waals surface area contributed by atoms with E-state index >= 15 is 0 Å². The summed E-state index contributed by atoms with van der Waals surface area (Å²) in [6.45, 7) is 2.30. The first-order valence-electron chi connectivity index (χ1n) is 11.9. The number of carbonyl (C=O) groups excluding carboxylic acids is 3. The van der Waals surface area contributed by atoms with Gasteiger partial charge in [-0.3, -0.25) is 19.7 Å². The molecule has 11 nitrogen and oxygen atoms in total. The average molecular weight is 501 g/mol. The zero-order chi connectivity index (χ0) is 25.7. The molecule has 11 heteroatoms. The first-order valence-corrected chi connectivity index (χ1v) is 11.9. The minimum absolute atomic E-state index is 0.0306. The van der Waals surface area contributed by atoms with E-state index < -0.39 is 17.2 Å². The van der Waals surface area contributed by atoms with Crippen LogP contribution < -0.4 is 10.1 Å². The molecular weight excluding hydrogens is 478 g/mol. The van der Waals surface area contributed by atoms with Gasteiger partial charge in [-0.05, 0) is 36.2 Å². The molecule has 1 saturated heterocycles. The van der Waals surface area contributed by atoms with Crippen molar-refractivity contribution in [2.24, 2.45) is 0 Å². The van der Waals surface area contributed by atoms with Gasteiger partial charge in [-0.1, -0.05) is 13.0 Å². The fourth-order valence-electron chi connectivity index (χ4n) is 4.92. The van der Waals surface area contributed by atoms with Crippen molar-refractivity contribution in [3.05, 3.63) is 59.2 Å². The van der Waals surface area contributed by atoms with Crippen LogP contribution in [0.3, 0.4) is 0 Å².